The molecule has 0 aliphatic heterocycles. The number of anilines is 1. The number of aryl methyl sites for hydroxylation is 1. The minimum atomic E-state index is -0.780. The van der Waals surface area contributed by atoms with Crippen LogP contribution in [0.1, 0.15) is 15.5 Å². The van der Waals surface area contributed by atoms with Crippen molar-refractivity contribution in [3.63, 3.8) is 0 Å². The molecule has 88 valence electrons. The SMILES string of the molecule is Cc1nc(C(=O)Nc2ccc(O)c(F)c2)cs1. The van der Waals surface area contributed by atoms with E-state index in [1.54, 1.807) is 12.3 Å². The maximum atomic E-state index is 13.0. The van der Waals surface area contributed by atoms with Gasteiger partial charge in [0, 0.05) is 17.1 Å². The molecule has 17 heavy (non-hydrogen) atoms. The molecule has 6 heteroatoms. The van der Waals surface area contributed by atoms with Crippen molar-refractivity contribution in [2.24, 2.45) is 0 Å². The van der Waals surface area contributed by atoms with Crippen LogP contribution in [0.4, 0.5) is 10.1 Å². The van der Waals surface area contributed by atoms with E-state index in [1.165, 1.54) is 23.5 Å². The highest BCUT2D eigenvalue weighted by Crippen LogP contribution is 2.20. The van der Waals surface area contributed by atoms with E-state index in [2.05, 4.69) is 10.3 Å². The third-order valence-corrected chi connectivity index (χ3v) is 2.83. The maximum absolute atomic E-state index is 13.0. The zero-order chi connectivity index (χ0) is 12.4. The van der Waals surface area contributed by atoms with E-state index in [0.29, 0.717) is 5.69 Å². The minimum absolute atomic E-state index is 0.274. The van der Waals surface area contributed by atoms with Gasteiger partial charge in [-0.25, -0.2) is 9.37 Å². The van der Waals surface area contributed by atoms with Gasteiger partial charge in [-0.05, 0) is 19.1 Å². The van der Waals surface area contributed by atoms with Crippen molar-refractivity contribution in [2.75, 3.05) is 5.32 Å². The number of nitrogens with one attached hydrogen (secondary N) is 1. The van der Waals surface area contributed by atoms with Gasteiger partial charge in [-0.1, -0.05) is 0 Å². The maximum Gasteiger partial charge on any atom is 0.275 e. The molecule has 0 saturated carbocycles. The molecule has 2 rings (SSSR count). The van der Waals surface area contributed by atoms with Gasteiger partial charge in [0.05, 0.1) is 5.01 Å². The highest BCUT2D eigenvalue weighted by molar-refractivity contribution is 7.09. The zero-order valence-corrected chi connectivity index (χ0v) is 9.71. The molecule has 2 N–H and O–H groups in total. The van der Waals surface area contributed by atoms with Crippen LogP contribution in [0, 0.1) is 12.7 Å². The fourth-order valence-electron chi connectivity index (χ4n) is 1.25. The first kappa shape index (κ1) is 11.5. The van der Waals surface area contributed by atoms with Crippen LogP contribution < -0.4 is 5.32 Å². The summed E-state index contributed by atoms with van der Waals surface area (Å²) in [5, 5.41) is 13.9. The first-order chi connectivity index (χ1) is 8.06. The lowest BCUT2D eigenvalue weighted by molar-refractivity contribution is 0.102. The van der Waals surface area contributed by atoms with E-state index in [1.807, 2.05) is 0 Å². The van der Waals surface area contributed by atoms with Gasteiger partial charge in [-0.3, -0.25) is 4.79 Å². The standard InChI is InChI=1S/C11H9FN2O2S/c1-6-13-9(5-17-6)11(16)14-7-2-3-10(15)8(12)4-7/h2-5,15H,1H3,(H,14,16). The molecule has 0 atom stereocenters. The molecular formula is C11H9FN2O2S. The van der Waals surface area contributed by atoms with Gasteiger partial charge in [0.1, 0.15) is 5.69 Å². The lowest BCUT2D eigenvalue weighted by Crippen LogP contribution is -2.12. The van der Waals surface area contributed by atoms with Crippen molar-refractivity contribution >= 4 is 22.9 Å². The molecule has 0 aliphatic rings. The smallest absolute Gasteiger partial charge is 0.275 e. The molecule has 1 aromatic carbocycles. The number of rotatable bonds is 2. The quantitative estimate of drug-likeness (QED) is 0.807. The fourth-order valence-corrected chi connectivity index (χ4v) is 1.84. The molecule has 0 aliphatic carbocycles. The number of amides is 1. The van der Waals surface area contributed by atoms with Crippen LogP contribution in [0.5, 0.6) is 5.75 Å². The number of hydrogen-bond acceptors (Lipinski definition) is 4. The molecule has 1 heterocycles. The second-order valence-corrected chi connectivity index (χ2v) is 4.43. The Morgan fingerprint density at radius 1 is 1.53 bits per heavy atom. The Hall–Kier alpha value is -1.95. The molecule has 4 nitrogen and oxygen atoms in total. The summed E-state index contributed by atoms with van der Waals surface area (Å²) in [6.45, 7) is 1.79. The topological polar surface area (TPSA) is 62.2 Å². The highest BCUT2D eigenvalue weighted by Gasteiger charge is 2.10. The van der Waals surface area contributed by atoms with E-state index in [0.717, 1.165) is 11.1 Å². The van der Waals surface area contributed by atoms with Crippen LogP contribution in [0.2, 0.25) is 0 Å². The van der Waals surface area contributed by atoms with Gasteiger partial charge in [0.25, 0.3) is 5.91 Å². The van der Waals surface area contributed by atoms with Gasteiger partial charge in [0.2, 0.25) is 0 Å². The van der Waals surface area contributed by atoms with E-state index < -0.39 is 17.5 Å². The summed E-state index contributed by atoms with van der Waals surface area (Å²) in [6, 6.07) is 3.64. The Kier molecular flexibility index (Phi) is 3.06. The van der Waals surface area contributed by atoms with Crippen LogP contribution in [0.15, 0.2) is 23.6 Å². The van der Waals surface area contributed by atoms with Crippen LogP contribution in [-0.4, -0.2) is 16.0 Å². The van der Waals surface area contributed by atoms with Crippen molar-refractivity contribution in [1.82, 2.24) is 4.98 Å². The average Bonchev–Trinajstić information content (AvgIpc) is 2.70. The van der Waals surface area contributed by atoms with Gasteiger partial charge in [-0.15, -0.1) is 11.3 Å². The van der Waals surface area contributed by atoms with Crippen LogP contribution in [-0.2, 0) is 0 Å². The number of aromatic hydroxyl groups is 1. The predicted molar refractivity (Wildman–Crippen MR) is 62.9 cm³/mol. The molecular weight excluding hydrogens is 243 g/mol. The summed E-state index contributed by atoms with van der Waals surface area (Å²) in [5.74, 6) is -1.64. The van der Waals surface area contributed by atoms with E-state index in [-0.39, 0.29) is 5.69 Å². The van der Waals surface area contributed by atoms with Crippen molar-refractivity contribution in [1.29, 1.82) is 0 Å². The Bertz CT molecular complexity index is 568. The molecule has 0 fully saturated rings. The number of halogens is 1. The van der Waals surface area contributed by atoms with Gasteiger partial charge in [-0.2, -0.15) is 0 Å². The molecule has 0 radical (unpaired) electrons. The van der Waals surface area contributed by atoms with Crippen LogP contribution in [0.25, 0.3) is 0 Å². The number of phenolic OH excluding ortho intramolecular Hbond substituents is 1. The Morgan fingerprint density at radius 2 is 2.29 bits per heavy atom. The van der Waals surface area contributed by atoms with E-state index in [4.69, 9.17) is 5.11 Å². The number of phenols is 1. The first-order valence-electron chi connectivity index (χ1n) is 4.78. The van der Waals surface area contributed by atoms with Gasteiger partial charge < -0.3 is 10.4 Å². The van der Waals surface area contributed by atoms with Crippen LogP contribution in [0.3, 0.4) is 0 Å². The normalized spacial score (nSPS) is 10.2. The summed E-state index contributed by atoms with van der Waals surface area (Å²) in [4.78, 5) is 15.7. The van der Waals surface area contributed by atoms with Crippen molar-refractivity contribution in [3.8, 4) is 5.75 Å². The Labute approximate surface area is 101 Å². The molecule has 0 unspecified atom stereocenters. The van der Waals surface area contributed by atoms with E-state index >= 15 is 0 Å². The third kappa shape index (κ3) is 2.59. The number of benzene rings is 1. The second-order valence-electron chi connectivity index (χ2n) is 3.37. The third-order valence-electron chi connectivity index (χ3n) is 2.06. The number of thiazole rings is 1. The summed E-state index contributed by atoms with van der Waals surface area (Å²) in [7, 11) is 0. The molecule has 0 spiro atoms. The van der Waals surface area contributed by atoms with Gasteiger partial charge >= 0.3 is 0 Å². The van der Waals surface area contributed by atoms with Crippen molar-refractivity contribution in [2.45, 2.75) is 6.92 Å². The van der Waals surface area contributed by atoms with Crippen molar-refractivity contribution in [3.05, 3.63) is 40.1 Å². The number of carbonyl (C=O) groups excluding carboxylic acids is 1. The monoisotopic (exact) mass is 252 g/mol. The lowest BCUT2D eigenvalue weighted by Gasteiger charge is -2.03. The number of nitrogens with zero attached hydrogens (tertiary/aromatic N) is 1. The molecule has 0 bridgehead atoms. The summed E-state index contributed by atoms with van der Waals surface area (Å²) in [5.41, 5.74) is 0.567. The number of hydrogen-bond donors (Lipinski definition) is 2. The molecule has 2 aromatic rings. The Morgan fingerprint density at radius 3 is 2.88 bits per heavy atom. The van der Waals surface area contributed by atoms with Crippen LogP contribution >= 0.6 is 11.3 Å². The predicted octanol–water partition coefficient (Wildman–Crippen LogP) is 2.55. The highest BCUT2D eigenvalue weighted by atomic mass is 32.1. The van der Waals surface area contributed by atoms with Crippen molar-refractivity contribution < 1.29 is 14.3 Å². The summed E-state index contributed by atoms with van der Waals surface area (Å²) < 4.78 is 13.0. The zero-order valence-electron chi connectivity index (χ0n) is 8.90. The first-order valence-corrected chi connectivity index (χ1v) is 5.66. The summed E-state index contributed by atoms with van der Waals surface area (Å²) in [6.07, 6.45) is 0. The lowest BCUT2D eigenvalue weighted by atomic mass is 10.3. The molecule has 1 amide bonds. The average molecular weight is 252 g/mol. The van der Waals surface area contributed by atoms with E-state index in [9.17, 15) is 9.18 Å². The van der Waals surface area contributed by atoms with Gasteiger partial charge in [0.15, 0.2) is 11.6 Å². The molecule has 1 aromatic heterocycles. The Balaban J connectivity index is 2.15. The fraction of sp³-hybridized carbons (Fsp3) is 0.0909. The summed E-state index contributed by atoms with van der Waals surface area (Å²) >= 11 is 1.36. The molecule has 0 saturated heterocycles. The largest absolute Gasteiger partial charge is 0.505 e. The number of carbonyl (C=O) groups is 1. The second kappa shape index (κ2) is 4.50. The number of aromatic nitrogens is 1. The minimum Gasteiger partial charge on any atom is -0.505 e.